The van der Waals surface area contributed by atoms with Gasteiger partial charge in [0.15, 0.2) is 0 Å². The van der Waals surface area contributed by atoms with Crippen LogP contribution in [0.2, 0.25) is 0 Å². The molecule has 7 heteroatoms. The zero-order valence-electron chi connectivity index (χ0n) is 35.4. The molecule has 0 unspecified atom stereocenters. The Morgan fingerprint density at radius 1 is 0.349 bits per heavy atom. The highest BCUT2D eigenvalue weighted by Crippen LogP contribution is 2.46. The molecule has 0 saturated carbocycles. The molecule has 0 spiro atoms. The molecule has 0 bridgehead atoms. The predicted octanol–water partition coefficient (Wildman–Crippen LogP) is 18.5. The number of rotatable bonds is 12. The van der Waals surface area contributed by atoms with E-state index in [0.29, 0.717) is 11.8 Å². The predicted molar refractivity (Wildman–Crippen MR) is 280 cm³/mol. The Kier molecular flexibility index (Phi) is 11.9. The Morgan fingerprint density at radius 2 is 0.651 bits per heavy atom. The van der Waals surface area contributed by atoms with E-state index in [4.69, 9.17) is 8.75 Å². The minimum atomic E-state index is 0.463. The third-order valence-corrected chi connectivity index (χ3v) is 16.9. The number of hydrogen-bond donors (Lipinski definition) is 0. The maximum absolute atomic E-state index is 4.98. The lowest BCUT2D eigenvalue weighted by Crippen LogP contribution is -1.82. The zero-order chi connectivity index (χ0) is 42.9. The van der Waals surface area contributed by atoms with Crippen LogP contribution in [-0.4, -0.2) is 8.75 Å². The molecule has 308 valence electrons. The molecule has 0 atom stereocenters. The lowest BCUT2D eigenvalue weighted by Gasteiger charge is -2.03. The van der Waals surface area contributed by atoms with Gasteiger partial charge in [-0.3, -0.25) is 0 Å². The standard InChI is InChI=1S/C56H44N2S5/c1-35(2)51-31-43(37-17-9-5-10-18-37)47(59-51)27-29-49-45(39-21-13-7-14-22-39)33-53(61-49)41-25-26-42(56-55(41)57-63-58-56)54-34-46(40-23-15-8-16-24-40)50(62-54)30-28-48-44(32-52(60-48)36(3)4)38-19-11-6-12-20-38/h5-36H,1-4H3/b29-27+,30-28+. The fraction of sp³-hybridized carbons (Fsp3) is 0.107. The van der Waals surface area contributed by atoms with Gasteiger partial charge in [0, 0.05) is 61.3 Å². The van der Waals surface area contributed by atoms with E-state index in [0.717, 1.165) is 22.2 Å². The summed E-state index contributed by atoms with van der Waals surface area (Å²) in [6.07, 6.45) is 9.28. The number of nitrogens with zero attached hydrogens (tertiary/aromatic N) is 2. The number of benzene rings is 5. The molecule has 5 heterocycles. The van der Waals surface area contributed by atoms with Gasteiger partial charge in [0.1, 0.15) is 11.0 Å². The van der Waals surface area contributed by atoms with Crippen molar-refractivity contribution in [3.05, 3.63) is 187 Å². The van der Waals surface area contributed by atoms with Crippen molar-refractivity contribution in [3.63, 3.8) is 0 Å². The number of aromatic nitrogens is 2. The third kappa shape index (κ3) is 8.52. The van der Waals surface area contributed by atoms with Crippen LogP contribution < -0.4 is 0 Å². The van der Waals surface area contributed by atoms with Crippen molar-refractivity contribution in [2.75, 3.05) is 0 Å². The van der Waals surface area contributed by atoms with Crippen molar-refractivity contribution in [1.29, 1.82) is 0 Å². The molecular weight excluding hydrogens is 861 g/mol. The second kappa shape index (κ2) is 18.1. The summed E-state index contributed by atoms with van der Waals surface area (Å²) >= 11 is 8.72. The lowest BCUT2D eigenvalue weighted by molar-refractivity contribution is 0.890. The Labute approximate surface area is 390 Å². The summed E-state index contributed by atoms with van der Waals surface area (Å²) in [7, 11) is 0. The van der Waals surface area contributed by atoms with Gasteiger partial charge in [-0.25, -0.2) is 0 Å². The molecule has 2 nitrogen and oxygen atoms in total. The van der Waals surface area contributed by atoms with E-state index in [-0.39, 0.29) is 0 Å². The van der Waals surface area contributed by atoms with Gasteiger partial charge in [-0.15, -0.1) is 45.3 Å². The average molecular weight is 905 g/mol. The lowest BCUT2D eigenvalue weighted by atomic mass is 10.0. The fourth-order valence-corrected chi connectivity index (χ4v) is 12.9. The topological polar surface area (TPSA) is 25.8 Å². The summed E-state index contributed by atoms with van der Waals surface area (Å²) in [5.74, 6) is 0.925. The van der Waals surface area contributed by atoms with Gasteiger partial charge < -0.3 is 0 Å². The minimum Gasteiger partial charge on any atom is -0.172 e. The van der Waals surface area contributed by atoms with Crippen molar-refractivity contribution in [1.82, 2.24) is 8.75 Å². The molecule has 10 rings (SSSR count). The van der Waals surface area contributed by atoms with Crippen LogP contribution in [0, 0.1) is 0 Å². The second-order valence-corrected chi connectivity index (χ2v) is 21.1. The summed E-state index contributed by atoms with van der Waals surface area (Å²) in [6.45, 7) is 9.11. The van der Waals surface area contributed by atoms with Gasteiger partial charge in [0.25, 0.3) is 0 Å². The highest BCUT2D eigenvalue weighted by molar-refractivity contribution is 7.18. The maximum Gasteiger partial charge on any atom is 0.114 e. The average Bonchev–Trinajstić information content (AvgIpc) is 4.18. The largest absolute Gasteiger partial charge is 0.172 e. The van der Waals surface area contributed by atoms with Crippen LogP contribution in [0.3, 0.4) is 0 Å². The van der Waals surface area contributed by atoms with Crippen molar-refractivity contribution >= 4 is 92.4 Å². The minimum absolute atomic E-state index is 0.463. The molecule has 0 fully saturated rings. The highest BCUT2D eigenvalue weighted by atomic mass is 32.1. The first-order valence-corrected chi connectivity index (χ1v) is 25.3. The van der Waals surface area contributed by atoms with Crippen LogP contribution in [-0.2, 0) is 0 Å². The SMILES string of the molecule is CC(C)c1cc(-c2ccccc2)c(/C=C/c2sc(-c3ccc(-c4cc(-c5ccccc5)c(/C=C/c5sc(C(C)C)cc5-c5ccccc5)s4)c4nsnc34)cc2-c2ccccc2)s1. The molecule has 63 heavy (non-hydrogen) atoms. The van der Waals surface area contributed by atoms with Gasteiger partial charge in [0.05, 0.1) is 11.7 Å². The van der Waals surface area contributed by atoms with Crippen LogP contribution in [0.5, 0.6) is 0 Å². The maximum atomic E-state index is 4.98. The molecule has 0 amide bonds. The Hall–Kier alpha value is -5.80. The Balaban J connectivity index is 1.05. The van der Waals surface area contributed by atoms with Crippen LogP contribution in [0.4, 0.5) is 0 Å². The van der Waals surface area contributed by atoms with Crippen molar-refractivity contribution in [3.8, 4) is 65.4 Å². The first kappa shape index (κ1) is 41.2. The monoisotopic (exact) mass is 904 g/mol. The van der Waals surface area contributed by atoms with Gasteiger partial charge in [-0.2, -0.15) is 8.75 Å². The molecule has 5 aromatic heterocycles. The quantitative estimate of drug-likeness (QED) is 0.122. The van der Waals surface area contributed by atoms with Crippen molar-refractivity contribution < 1.29 is 0 Å². The normalized spacial score (nSPS) is 12.0. The molecule has 0 aliphatic rings. The summed E-state index contributed by atoms with van der Waals surface area (Å²) in [6, 6.07) is 57.0. The zero-order valence-corrected chi connectivity index (χ0v) is 39.5. The van der Waals surface area contributed by atoms with Gasteiger partial charge in [-0.1, -0.05) is 161 Å². The summed E-state index contributed by atoms with van der Waals surface area (Å²) in [5.41, 5.74) is 14.0. The highest BCUT2D eigenvalue weighted by Gasteiger charge is 2.21. The summed E-state index contributed by atoms with van der Waals surface area (Å²) in [4.78, 5) is 10.2. The Bertz CT molecular complexity index is 3000. The third-order valence-electron chi connectivity index (χ3n) is 11.3. The van der Waals surface area contributed by atoms with Crippen LogP contribution in [0.15, 0.2) is 158 Å². The van der Waals surface area contributed by atoms with E-state index >= 15 is 0 Å². The van der Waals surface area contributed by atoms with Crippen molar-refractivity contribution in [2.45, 2.75) is 39.5 Å². The van der Waals surface area contributed by atoms with E-state index in [2.05, 4.69) is 210 Å². The number of hydrogen-bond acceptors (Lipinski definition) is 7. The Morgan fingerprint density at radius 3 is 0.968 bits per heavy atom. The molecule has 0 radical (unpaired) electrons. The molecular formula is C56H44N2S5. The fourth-order valence-electron chi connectivity index (χ4n) is 7.93. The molecule has 0 saturated heterocycles. The molecule has 5 aromatic carbocycles. The summed E-state index contributed by atoms with van der Waals surface area (Å²) in [5, 5.41) is 0. The second-order valence-electron chi connectivity index (χ2n) is 16.2. The van der Waals surface area contributed by atoms with E-state index < -0.39 is 0 Å². The van der Waals surface area contributed by atoms with E-state index in [1.807, 2.05) is 45.3 Å². The molecule has 0 aliphatic heterocycles. The number of thiophene rings is 4. The summed E-state index contributed by atoms with van der Waals surface area (Å²) < 4.78 is 9.96. The van der Waals surface area contributed by atoms with Gasteiger partial charge in [-0.05, 0) is 93.8 Å². The first-order chi connectivity index (χ1) is 30.9. The molecule has 0 N–H and O–H groups in total. The van der Waals surface area contributed by atoms with Gasteiger partial charge in [0.2, 0.25) is 0 Å². The van der Waals surface area contributed by atoms with Crippen LogP contribution in [0.1, 0.15) is 68.8 Å². The molecule has 0 aliphatic carbocycles. The van der Waals surface area contributed by atoms with Crippen LogP contribution >= 0.6 is 57.1 Å². The number of fused-ring (bicyclic) bond motifs is 1. The van der Waals surface area contributed by atoms with Gasteiger partial charge >= 0.3 is 0 Å². The van der Waals surface area contributed by atoms with Crippen molar-refractivity contribution in [2.24, 2.45) is 0 Å². The van der Waals surface area contributed by atoms with Crippen LogP contribution in [0.25, 0.3) is 101 Å². The van der Waals surface area contributed by atoms with E-state index in [1.165, 1.54) is 95.3 Å². The smallest absolute Gasteiger partial charge is 0.114 e. The van der Waals surface area contributed by atoms with E-state index in [9.17, 15) is 0 Å². The first-order valence-electron chi connectivity index (χ1n) is 21.3. The van der Waals surface area contributed by atoms with E-state index in [1.54, 1.807) is 0 Å². The molecule has 10 aromatic rings.